The minimum Gasteiger partial charge on any atom is -0.274 e. The summed E-state index contributed by atoms with van der Waals surface area (Å²) in [6.45, 7) is 0. The number of nitro groups is 1. The summed E-state index contributed by atoms with van der Waals surface area (Å²) in [5, 5.41) is 11.0. The van der Waals surface area contributed by atoms with Crippen molar-refractivity contribution in [1.82, 2.24) is 0 Å². The van der Waals surface area contributed by atoms with Crippen LogP contribution in [0.25, 0.3) is 0 Å². The number of rotatable bonds is 2. The van der Waals surface area contributed by atoms with Crippen molar-refractivity contribution in [3.63, 3.8) is 0 Å². The molecule has 2 atom stereocenters. The highest BCUT2D eigenvalue weighted by Gasteiger charge is 2.61. The molecule has 0 aromatic heterocycles. The molecule has 6 nitrogen and oxygen atoms in total. The van der Waals surface area contributed by atoms with Gasteiger partial charge in [-0.15, -0.1) is 0 Å². The standard InChI is InChI=1S/C24H16N2O4/c27-23-21-19-15-5-1-2-6-16(15)20(18-8-4-3-7-17(18)19)22(21)24(28)25(23)13-9-11-14(12-10-13)26(29)30/h1-12,19-22H/t19?,20?,21-,22-/m1/s1. The number of amides is 2. The Balaban J connectivity index is 1.51. The molecular weight excluding hydrogens is 380 g/mol. The van der Waals surface area contributed by atoms with Gasteiger partial charge in [-0.3, -0.25) is 19.7 Å². The molecular formula is C24H16N2O4. The average Bonchev–Trinajstić information content (AvgIpc) is 3.04. The van der Waals surface area contributed by atoms with Crippen LogP contribution in [0.2, 0.25) is 0 Å². The zero-order chi connectivity index (χ0) is 20.6. The van der Waals surface area contributed by atoms with Crippen LogP contribution in [0.4, 0.5) is 11.4 Å². The third kappa shape index (κ3) is 2.03. The van der Waals surface area contributed by atoms with Gasteiger partial charge in [0.05, 0.1) is 22.4 Å². The number of carbonyl (C=O) groups excluding carboxylic acids is 2. The summed E-state index contributed by atoms with van der Waals surface area (Å²) >= 11 is 0. The molecule has 6 heteroatoms. The molecule has 30 heavy (non-hydrogen) atoms. The van der Waals surface area contributed by atoms with Crippen LogP contribution in [-0.2, 0) is 9.59 Å². The van der Waals surface area contributed by atoms with Crippen LogP contribution < -0.4 is 4.90 Å². The molecule has 2 amide bonds. The highest BCUT2D eigenvalue weighted by atomic mass is 16.6. The number of nitrogens with zero attached hydrogens (tertiary/aromatic N) is 2. The molecule has 1 saturated heterocycles. The van der Waals surface area contributed by atoms with E-state index in [0.717, 1.165) is 22.3 Å². The molecule has 3 aromatic carbocycles. The van der Waals surface area contributed by atoms with E-state index in [1.54, 1.807) is 0 Å². The summed E-state index contributed by atoms with van der Waals surface area (Å²) in [4.78, 5) is 38.8. The zero-order valence-corrected chi connectivity index (χ0v) is 15.8. The van der Waals surface area contributed by atoms with Crippen molar-refractivity contribution in [2.45, 2.75) is 11.8 Å². The molecule has 1 fully saturated rings. The summed E-state index contributed by atoms with van der Waals surface area (Å²) in [5.41, 5.74) is 4.79. The molecule has 0 unspecified atom stereocenters. The van der Waals surface area contributed by atoms with Crippen molar-refractivity contribution >= 4 is 23.2 Å². The number of hydrogen-bond donors (Lipinski definition) is 0. The third-order valence-electron chi connectivity index (χ3n) is 6.77. The third-order valence-corrected chi connectivity index (χ3v) is 6.77. The minimum atomic E-state index is -0.495. The Bertz CT molecular complexity index is 1130. The van der Waals surface area contributed by atoms with Gasteiger partial charge in [0.2, 0.25) is 11.8 Å². The molecule has 1 aliphatic heterocycles. The maximum absolute atomic E-state index is 13.6. The van der Waals surface area contributed by atoms with E-state index in [9.17, 15) is 19.7 Å². The predicted molar refractivity (Wildman–Crippen MR) is 109 cm³/mol. The first-order valence-corrected chi connectivity index (χ1v) is 9.88. The summed E-state index contributed by atoms with van der Waals surface area (Å²) in [7, 11) is 0. The van der Waals surface area contributed by atoms with E-state index >= 15 is 0 Å². The summed E-state index contributed by atoms with van der Waals surface area (Å²) in [5.74, 6) is -1.68. The van der Waals surface area contributed by atoms with E-state index in [1.807, 2.05) is 24.3 Å². The van der Waals surface area contributed by atoms with E-state index in [4.69, 9.17) is 0 Å². The van der Waals surface area contributed by atoms with E-state index < -0.39 is 16.8 Å². The molecule has 0 spiro atoms. The number of non-ortho nitro benzene ring substituents is 1. The Labute approximate surface area is 171 Å². The van der Waals surface area contributed by atoms with Gasteiger partial charge < -0.3 is 0 Å². The molecule has 7 rings (SSSR count). The molecule has 3 aliphatic carbocycles. The molecule has 146 valence electrons. The van der Waals surface area contributed by atoms with E-state index in [2.05, 4.69) is 24.3 Å². The lowest BCUT2D eigenvalue weighted by molar-refractivity contribution is -0.384. The summed E-state index contributed by atoms with van der Waals surface area (Å²) in [6, 6.07) is 21.8. The maximum Gasteiger partial charge on any atom is 0.269 e. The van der Waals surface area contributed by atoms with E-state index in [-0.39, 0.29) is 29.3 Å². The van der Waals surface area contributed by atoms with Crippen molar-refractivity contribution in [2.75, 3.05) is 4.90 Å². The van der Waals surface area contributed by atoms with Crippen molar-refractivity contribution in [1.29, 1.82) is 0 Å². The lowest BCUT2D eigenvalue weighted by Gasteiger charge is -2.45. The quantitative estimate of drug-likeness (QED) is 0.373. The Morgan fingerprint density at radius 2 is 1.07 bits per heavy atom. The molecule has 1 heterocycles. The van der Waals surface area contributed by atoms with Crippen LogP contribution in [-0.4, -0.2) is 16.7 Å². The van der Waals surface area contributed by atoms with Crippen LogP contribution >= 0.6 is 0 Å². The zero-order valence-electron chi connectivity index (χ0n) is 15.8. The molecule has 2 bridgehead atoms. The number of nitro benzene ring substituents is 1. The second kappa shape index (κ2) is 5.86. The molecule has 0 saturated carbocycles. The van der Waals surface area contributed by atoms with Gasteiger partial charge in [0.15, 0.2) is 0 Å². The van der Waals surface area contributed by atoms with Crippen LogP contribution in [0.3, 0.4) is 0 Å². The van der Waals surface area contributed by atoms with E-state index in [1.165, 1.54) is 29.2 Å². The normalized spacial score (nSPS) is 25.7. The van der Waals surface area contributed by atoms with Crippen LogP contribution in [0.5, 0.6) is 0 Å². The lowest BCUT2D eigenvalue weighted by atomic mass is 9.55. The first-order valence-electron chi connectivity index (χ1n) is 9.88. The number of carbonyl (C=O) groups is 2. The minimum absolute atomic E-state index is 0.0739. The number of imide groups is 1. The molecule has 0 N–H and O–H groups in total. The van der Waals surface area contributed by atoms with Crippen molar-refractivity contribution in [3.8, 4) is 0 Å². The first kappa shape index (κ1) is 17.1. The second-order valence-corrected chi connectivity index (χ2v) is 8.05. The number of anilines is 1. The van der Waals surface area contributed by atoms with Gasteiger partial charge in [-0.25, -0.2) is 4.90 Å². The Morgan fingerprint density at radius 3 is 1.43 bits per heavy atom. The topological polar surface area (TPSA) is 80.5 Å². The number of benzene rings is 3. The highest BCUT2D eigenvalue weighted by Crippen LogP contribution is 2.61. The maximum atomic E-state index is 13.6. The second-order valence-electron chi connectivity index (χ2n) is 8.05. The van der Waals surface area contributed by atoms with Crippen LogP contribution in [0.1, 0.15) is 34.1 Å². The first-order chi connectivity index (χ1) is 14.6. The Morgan fingerprint density at radius 1 is 0.667 bits per heavy atom. The summed E-state index contributed by atoms with van der Waals surface area (Å²) in [6.07, 6.45) is 0. The predicted octanol–water partition coefficient (Wildman–Crippen LogP) is 3.99. The van der Waals surface area contributed by atoms with Crippen LogP contribution in [0, 0.1) is 22.0 Å². The Kier molecular flexibility index (Phi) is 3.34. The van der Waals surface area contributed by atoms with Crippen LogP contribution in [0.15, 0.2) is 72.8 Å². The average molecular weight is 396 g/mol. The smallest absolute Gasteiger partial charge is 0.269 e. The van der Waals surface area contributed by atoms with Gasteiger partial charge in [0, 0.05) is 24.0 Å². The SMILES string of the molecule is O=C1[C@@H]2C3c4ccccc4C(c4ccccc43)[C@H]2C(=O)N1c1ccc([N+](=O)[O-])cc1. The fourth-order valence-corrected chi connectivity index (χ4v) is 5.66. The fourth-order valence-electron chi connectivity index (χ4n) is 5.66. The van der Waals surface area contributed by atoms with E-state index in [0.29, 0.717) is 5.69 Å². The molecule has 3 aromatic rings. The molecule has 4 aliphatic rings. The van der Waals surface area contributed by atoms with Crippen molar-refractivity contribution < 1.29 is 14.5 Å². The van der Waals surface area contributed by atoms with Crippen molar-refractivity contribution in [2.24, 2.45) is 11.8 Å². The monoisotopic (exact) mass is 396 g/mol. The van der Waals surface area contributed by atoms with Gasteiger partial charge in [-0.2, -0.15) is 0 Å². The number of hydrogen-bond acceptors (Lipinski definition) is 4. The summed E-state index contributed by atoms with van der Waals surface area (Å²) < 4.78 is 0. The lowest BCUT2D eigenvalue weighted by Crippen LogP contribution is -2.41. The molecule has 0 radical (unpaired) electrons. The van der Waals surface area contributed by atoms with Gasteiger partial charge in [-0.05, 0) is 34.4 Å². The van der Waals surface area contributed by atoms with Gasteiger partial charge in [-0.1, -0.05) is 48.5 Å². The van der Waals surface area contributed by atoms with Gasteiger partial charge in [0.1, 0.15) is 0 Å². The fraction of sp³-hybridized carbons (Fsp3) is 0.167. The largest absolute Gasteiger partial charge is 0.274 e. The van der Waals surface area contributed by atoms with Crippen molar-refractivity contribution in [3.05, 3.63) is 105 Å². The Hall–Kier alpha value is -3.80. The highest BCUT2D eigenvalue weighted by molar-refractivity contribution is 6.23. The van der Waals surface area contributed by atoms with Gasteiger partial charge >= 0.3 is 0 Å². The van der Waals surface area contributed by atoms with Gasteiger partial charge in [0.25, 0.3) is 5.69 Å².